The van der Waals surface area contributed by atoms with Gasteiger partial charge in [-0.1, -0.05) is 137 Å². The molecule has 4 aliphatic rings. The van der Waals surface area contributed by atoms with Gasteiger partial charge in [0.1, 0.15) is 11.3 Å². The van der Waals surface area contributed by atoms with Gasteiger partial charge in [0.25, 0.3) is 0 Å². The first-order chi connectivity index (χ1) is 26.2. The number of hydrogen-bond donors (Lipinski definition) is 0. The minimum atomic E-state index is -0.490. The van der Waals surface area contributed by atoms with Gasteiger partial charge in [0.05, 0.1) is 5.54 Å². The molecule has 0 fully saturated rings. The summed E-state index contributed by atoms with van der Waals surface area (Å²) in [7, 11) is 0. The Bertz CT molecular complexity index is 3010. The van der Waals surface area contributed by atoms with Crippen molar-refractivity contribution < 1.29 is 4.42 Å². The summed E-state index contributed by atoms with van der Waals surface area (Å²) in [5.74, 6) is 1.45. The first-order valence-electron chi connectivity index (χ1n) is 19.5. The highest BCUT2D eigenvalue weighted by Gasteiger charge is 2.63. The molecule has 3 heterocycles. The van der Waals surface area contributed by atoms with Crippen molar-refractivity contribution >= 4 is 54.5 Å². The van der Waals surface area contributed by atoms with E-state index in [0.29, 0.717) is 0 Å². The average Bonchev–Trinajstić information content (AvgIpc) is 3.86. The largest absolute Gasteiger partial charge is 0.459 e. The fraction of sp³-hybridized carbons (Fsp3) is 0.216. The molecule has 0 saturated heterocycles. The number of nitrogens with zero attached hydrogens (tertiary/aromatic N) is 1. The Morgan fingerprint density at radius 3 is 2.13 bits per heavy atom. The van der Waals surface area contributed by atoms with Crippen LogP contribution in [0.5, 0.6) is 0 Å². The molecule has 0 spiro atoms. The van der Waals surface area contributed by atoms with Gasteiger partial charge in [0.15, 0.2) is 0 Å². The summed E-state index contributed by atoms with van der Waals surface area (Å²) < 4.78 is 8.63. The number of furan rings is 1. The fourth-order valence-corrected chi connectivity index (χ4v) is 13.6. The molecule has 262 valence electrons. The van der Waals surface area contributed by atoms with Crippen molar-refractivity contribution in [1.29, 1.82) is 0 Å². The highest BCUT2D eigenvalue weighted by Crippen LogP contribution is 2.71. The molecule has 54 heavy (non-hydrogen) atoms. The maximum Gasteiger partial charge on any atom is 0.142 e. The van der Waals surface area contributed by atoms with E-state index < -0.39 is 11.0 Å². The van der Waals surface area contributed by atoms with Gasteiger partial charge in [-0.15, -0.1) is 11.3 Å². The summed E-state index contributed by atoms with van der Waals surface area (Å²) in [6, 6.07) is 47.9. The lowest BCUT2D eigenvalue weighted by Crippen LogP contribution is -2.57. The molecule has 8 aromatic rings. The lowest BCUT2D eigenvalue weighted by atomic mass is 9.51. The zero-order chi connectivity index (χ0) is 36.5. The predicted octanol–water partition coefficient (Wildman–Crippen LogP) is 14.0. The molecule has 12 rings (SSSR count). The molecular weight excluding hydrogens is 675 g/mol. The highest BCUT2D eigenvalue weighted by atomic mass is 32.1. The number of anilines is 2. The summed E-state index contributed by atoms with van der Waals surface area (Å²) >= 11 is 2.01. The van der Waals surface area contributed by atoms with E-state index in [9.17, 15) is 0 Å². The van der Waals surface area contributed by atoms with Crippen molar-refractivity contribution in [3.8, 4) is 11.1 Å². The van der Waals surface area contributed by atoms with Crippen LogP contribution in [-0.2, 0) is 16.4 Å². The fourth-order valence-electron chi connectivity index (χ4n) is 12.1. The van der Waals surface area contributed by atoms with Crippen LogP contribution in [0.2, 0.25) is 0 Å². The topological polar surface area (TPSA) is 16.4 Å². The van der Waals surface area contributed by atoms with Gasteiger partial charge in [-0.05, 0) is 87.3 Å². The minimum Gasteiger partial charge on any atom is -0.459 e. The molecule has 0 amide bonds. The molecule has 0 N–H and O–H groups in total. The number of hydrogen-bond acceptors (Lipinski definition) is 3. The number of allylic oxidation sites excluding steroid dienone is 1. The quantitative estimate of drug-likeness (QED) is 0.157. The number of para-hydroxylation sites is 1. The molecule has 0 bridgehead atoms. The van der Waals surface area contributed by atoms with Crippen LogP contribution in [-0.4, -0.2) is 0 Å². The van der Waals surface area contributed by atoms with Crippen LogP contribution in [0, 0.1) is 0 Å². The summed E-state index contributed by atoms with van der Waals surface area (Å²) in [5.41, 5.74) is 15.2. The van der Waals surface area contributed by atoms with Crippen LogP contribution in [0.4, 0.5) is 11.4 Å². The van der Waals surface area contributed by atoms with Crippen LogP contribution in [0.25, 0.3) is 43.0 Å². The van der Waals surface area contributed by atoms with Crippen LogP contribution in [0.1, 0.15) is 91.8 Å². The van der Waals surface area contributed by atoms with E-state index in [1.807, 2.05) is 11.3 Å². The van der Waals surface area contributed by atoms with Gasteiger partial charge in [-0.3, -0.25) is 0 Å². The molecule has 0 saturated carbocycles. The molecule has 0 radical (unpaired) electrons. The van der Waals surface area contributed by atoms with Crippen molar-refractivity contribution in [2.75, 3.05) is 4.90 Å². The third-order valence-corrected chi connectivity index (χ3v) is 15.5. The van der Waals surface area contributed by atoms with Crippen LogP contribution in [0.3, 0.4) is 0 Å². The van der Waals surface area contributed by atoms with Crippen molar-refractivity contribution in [2.45, 2.75) is 69.7 Å². The molecule has 4 unspecified atom stereocenters. The zero-order valence-corrected chi connectivity index (χ0v) is 32.4. The highest BCUT2D eigenvalue weighted by molar-refractivity contribution is 7.19. The molecule has 1 aliphatic heterocycles. The van der Waals surface area contributed by atoms with E-state index in [2.05, 4.69) is 174 Å². The lowest BCUT2D eigenvalue weighted by Gasteiger charge is -2.61. The van der Waals surface area contributed by atoms with Crippen molar-refractivity contribution in [1.82, 2.24) is 0 Å². The summed E-state index contributed by atoms with van der Waals surface area (Å²) in [6.07, 6.45) is 0. The summed E-state index contributed by atoms with van der Waals surface area (Å²) in [4.78, 5) is 4.26. The Morgan fingerprint density at radius 2 is 1.28 bits per heavy atom. The smallest absolute Gasteiger partial charge is 0.142 e. The van der Waals surface area contributed by atoms with Crippen molar-refractivity contribution in [2.24, 2.45) is 0 Å². The summed E-state index contributed by atoms with van der Waals surface area (Å²) in [5, 5.41) is 5.03. The Morgan fingerprint density at radius 1 is 0.593 bits per heavy atom. The van der Waals surface area contributed by atoms with Gasteiger partial charge in [0, 0.05) is 60.0 Å². The average molecular weight is 716 g/mol. The molecule has 6 aromatic carbocycles. The van der Waals surface area contributed by atoms with Gasteiger partial charge >= 0.3 is 0 Å². The molecular formula is C51H41NOS. The maximum atomic E-state index is 7.26. The molecule has 4 atom stereocenters. The molecule has 3 aliphatic carbocycles. The van der Waals surface area contributed by atoms with E-state index in [1.165, 1.54) is 92.6 Å². The van der Waals surface area contributed by atoms with E-state index in [4.69, 9.17) is 4.42 Å². The summed E-state index contributed by atoms with van der Waals surface area (Å²) in [6.45, 7) is 14.9. The molecule has 2 aromatic heterocycles. The van der Waals surface area contributed by atoms with E-state index in [0.717, 1.165) is 11.3 Å². The van der Waals surface area contributed by atoms with E-state index in [-0.39, 0.29) is 17.3 Å². The lowest BCUT2D eigenvalue weighted by molar-refractivity contribution is 0.389. The normalized spacial score (nSPS) is 24.3. The first-order valence-corrected chi connectivity index (χ1v) is 20.3. The van der Waals surface area contributed by atoms with Gasteiger partial charge < -0.3 is 9.32 Å². The van der Waals surface area contributed by atoms with Crippen LogP contribution >= 0.6 is 11.3 Å². The zero-order valence-electron chi connectivity index (χ0n) is 31.5. The Kier molecular flexibility index (Phi) is 5.76. The van der Waals surface area contributed by atoms with Crippen molar-refractivity contribution in [3.63, 3.8) is 0 Å². The molecule has 2 nitrogen and oxygen atoms in total. The van der Waals surface area contributed by atoms with Gasteiger partial charge in [0.2, 0.25) is 0 Å². The second kappa shape index (κ2) is 10.0. The SMILES string of the molecule is CC1C2=C3C(C)(c4ccccc4N(c4cccc5c4C(C)(C)c4ccccc4-5)C3(C)c3sc4ccccc4c3C2C)c2c1oc1c2ccc2ccccc21. The maximum absolute atomic E-state index is 7.26. The Labute approximate surface area is 320 Å². The minimum absolute atomic E-state index is 0.102. The third kappa shape index (κ3) is 3.37. The predicted molar refractivity (Wildman–Crippen MR) is 226 cm³/mol. The number of thiophene rings is 1. The van der Waals surface area contributed by atoms with Crippen LogP contribution in [0.15, 0.2) is 143 Å². The second-order valence-corrected chi connectivity index (χ2v) is 18.1. The third-order valence-electron chi connectivity index (χ3n) is 14.1. The Balaban J connectivity index is 1.27. The van der Waals surface area contributed by atoms with E-state index >= 15 is 0 Å². The second-order valence-electron chi connectivity index (χ2n) is 17.0. The number of benzene rings is 6. The molecule has 3 heteroatoms. The van der Waals surface area contributed by atoms with Gasteiger partial charge in [-0.25, -0.2) is 0 Å². The monoisotopic (exact) mass is 715 g/mol. The number of fused-ring (bicyclic) bond motifs is 15. The first kappa shape index (κ1) is 31.0. The number of rotatable bonds is 1. The van der Waals surface area contributed by atoms with Crippen molar-refractivity contribution in [3.05, 3.63) is 177 Å². The van der Waals surface area contributed by atoms with E-state index in [1.54, 1.807) is 0 Å². The van der Waals surface area contributed by atoms with Crippen LogP contribution < -0.4 is 4.90 Å². The van der Waals surface area contributed by atoms with Gasteiger partial charge in [-0.2, -0.15) is 0 Å². The standard InChI is InChI=1S/C51H41NOS/c1-28-41-29(2)45-44(35-27-26-30-16-7-8-17-31(30)46(35)53-45)50(5)37-22-12-13-23-38(37)52(51(6,47(41)50)48-42(28)34-19-10-14-25-40(34)54-48)39-24-15-20-33-32-18-9-11-21-36(32)49(3,4)43(33)39/h7-29H,1-6H3. The Hall–Kier alpha value is -5.38.